The van der Waals surface area contributed by atoms with E-state index in [9.17, 15) is 18.0 Å². The number of nitrogens with zero attached hydrogens (tertiary/aromatic N) is 4. The zero-order valence-corrected chi connectivity index (χ0v) is 18.3. The van der Waals surface area contributed by atoms with Crippen LogP contribution in [0.3, 0.4) is 0 Å². The summed E-state index contributed by atoms with van der Waals surface area (Å²) >= 11 is 0. The number of hydrogen-bond acceptors (Lipinski definition) is 4. The normalized spacial score (nSPS) is 18.2. The van der Waals surface area contributed by atoms with Crippen molar-refractivity contribution < 1.29 is 22.7 Å². The topological polar surface area (TPSA) is 60.2 Å². The number of rotatable bonds is 4. The number of carbonyl (C=O) groups excluding carboxylic acids is 1. The third kappa shape index (κ3) is 3.96. The van der Waals surface area contributed by atoms with E-state index in [-0.39, 0.29) is 17.7 Å². The van der Waals surface area contributed by atoms with E-state index in [2.05, 4.69) is 10.1 Å². The molecule has 6 nitrogen and oxygen atoms in total. The van der Waals surface area contributed by atoms with Crippen LogP contribution in [0.25, 0.3) is 11.1 Å². The van der Waals surface area contributed by atoms with Crippen molar-refractivity contribution in [2.45, 2.75) is 57.8 Å². The molecule has 3 aromatic rings. The lowest BCUT2D eigenvalue weighted by Gasteiger charge is -2.36. The van der Waals surface area contributed by atoms with Crippen LogP contribution in [0.2, 0.25) is 0 Å². The molecule has 1 fully saturated rings. The molecular formula is C24H23F3N4O2. The van der Waals surface area contributed by atoms with E-state index in [0.29, 0.717) is 35.7 Å². The van der Waals surface area contributed by atoms with Gasteiger partial charge in [0, 0.05) is 42.0 Å². The summed E-state index contributed by atoms with van der Waals surface area (Å²) in [7, 11) is 0. The Labute approximate surface area is 189 Å². The summed E-state index contributed by atoms with van der Waals surface area (Å²) < 4.78 is 48.8. The minimum absolute atomic E-state index is 0.0214. The molecule has 1 aromatic carbocycles. The largest absolute Gasteiger partial charge is 0.437 e. The Morgan fingerprint density at radius 2 is 1.97 bits per heavy atom. The lowest BCUT2D eigenvalue weighted by molar-refractivity contribution is -0.138. The number of amides is 1. The van der Waals surface area contributed by atoms with Gasteiger partial charge in [0.1, 0.15) is 11.3 Å². The zero-order chi connectivity index (χ0) is 23.3. The fraction of sp³-hybridized carbons (Fsp3) is 0.375. The highest BCUT2D eigenvalue weighted by Gasteiger charge is 2.37. The first-order valence-corrected chi connectivity index (χ1v) is 10.9. The monoisotopic (exact) mass is 456 g/mol. The standard InChI is InChI=1S/C24H23F3N4O2/c1-14-5-8-19-21(31(14)15(2)32)10-9-18(16-12-29-30(13-16)17-6-7-17)22(19)33-23-20(24(25,26)27)4-3-11-28-23/h3-4,9-14,17H,5-8H2,1-2H3. The first kappa shape index (κ1) is 21.5. The number of anilines is 1. The Hall–Kier alpha value is -3.36. The Kier molecular flexibility index (Phi) is 5.14. The number of pyridine rings is 1. The quantitative estimate of drug-likeness (QED) is 0.500. The van der Waals surface area contributed by atoms with Crippen molar-refractivity contribution in [3.05, 3.63) is 54.0 Å². The Morgan fingerprint density at radius 1 is 1.18 bits per heavy atom. The van der Waals surface area contributed by atoms with Gasteiger partial charge >= 0.3 is 6.18 Å². The maximum Gasteiger partial charge on any atom is 0.421 e. The van der Waals surface area contributed by atoms with E-state index >= 15 is 0 Å². The average molecular weight is 456 g/mol. The molecule has 3 heterocycles. The second-order valence-corrected chi connectivity index (χ2v) is 8.61. The fourth-order valence-electron chi connectivity index (χ4n) is 4.43. The number of aromatic nitrogens is 3. The highest BCUT2D eigenvalue weighted by Crippen LogP contribution is 2.46. The Balaban J connectivity index is 1.67. The van der Waals surface area contributed by atoms with Gasteiger partial charge in [0.05, 0.1) is 17.9 Å². The molecule has 1 amide bonds. The number of alkyl halides is 3. The Morgan fingerprint density at radius 3 is 2.67 bits per heavy atom. The molecule has 1 atom stereocenters. The lowest BCUT2D eigenvalue weighted by Crippen LogP contribution is -2.40. The van der Waals surface area contributed by atoms with Crippen molar-refractivity contribution in [1.82, 2.24) is 14.8 Å². The molecular weight excluding hydrogens is 433 g/mol. The highest BCUT2D eigenvalue weighted by molar-refractivity contribution is 5.95. The lowest BCUT2D eigenvalue weighted by atomic mass is 9.92. The molecule has 1 aliphatic heterocycles. The first-order chi connectivity index (χ1) is 15.7. The van der Waals surface area contributed by atoms with Gasteiger partial charge in [0.15, 0.2) is 0 Å². The molecule has 9 heteroatoms. The summed E-state index contributed by atoms with van der Waals surface area (Å²) in [4.78, 5) is 17.9. The predicted molar refractivity (Wildman–Crippen MR) is 116 cm³/mol. The molecule has 0 radical (unpaired) electrons. The Bertz CT molecular complexity index is 1220. The van der Waals surface area contributed by atoms with Crippen LogP contribution in [0.4, 0.5) is 18.9 Å². The van der Waals surface area contributed by atoms with Crippen LogP contribution in [-0.2, 0) is 17.4 Å². The molecule has 2 aromatic heterocycles. The number of hydrogen-bond donors (Lipinski definition) is 0. The van der Waals surface area contributed by atoms with E-state index in [4.69, 9.17) is 4.74 Å². The molecule has 0 bridgehead atoms. The zero-order valence-electron chi connectivity index (χ0n) is 18.3. The van der Waals surface area contributed by atoms with Gasteiger partial charge < -0.3 is 9.64 Å². The summed E-state index contributed by atoms with van der Waals surface area (Å²) in [6.45, 7) is 3.44. The molecule has 0 spiro atoms. The van der Waals surface area contributed by atoms with Crippen molar-refractivity contribution in [2.24, 2.45) is 0 Å². The third-order valence-electron chi connectivity index (χ3n) is 6.20. The number of benzene rings is 1. The molecule has 0 saturated heterocycles. The van der Waals surface area contributed by atoms with Gasteiger partial charge in [-0.15, -0.1) is 0 Å². The van der Waals surface area contributed by atoms with Gasteiger partial charge in [-0.2, -0.15) is 18.3 Å². The van der Waals surface area contributed by atoms with E-state index in [0.717, 1.165) is 24.5 Å². The summed E-state index contributed by atoms with van der Waals surface area (Å²) in [5.41, 5.74) is 1.77. The van der Waals surface area contributed by atoms with Crippen LogP contribution < -0.4 is 9.64 Å². The molecule has 172 valence electrons. The number of halogens is 3. The SMILES string of the molecule is CC(=O)N1c2ccc(-c3cnn(C4CC4)c3)c(Oc3ncccc3C(F)(F)F)c2CCC1C. The summed E-state index contributed by atoms with van der Waals surface area (Å²) in [5.74, 6) is -0.357. The number of carbonyl (C=O) groups is 1. The van der Waals surface area contributed by atoms with Crippen molar-refractivity contribution in [2.75, 3.05) is 4.90 Å². The first-order valence-electron chi connectivity index (χ1n) is 10.9. The molecule has 2 aliphatic rings. The van der Waals surface area contributed by atoms with Crippen molar-refractivity contribution in [1.29, 1.82) is 0 Å². The van der Waals surface area contributed by atoms with Gasteiger partial charge in [-0.3, -0.25) is 9.48 Å². The molecule has 5 rings (SSSR count). The molecule has 1 aliphatic carbocycles. The predicted octanol–water partition coefficient (Wildman–Crippen LogP) is 5.78. The van der Waals surface area contributed by atoms with E-state index in [1.807, 2.05) is 23.9 Å². The number of ether oxygens (including phenoxy) is 1. The maximum absolute atomic E-state index is 13.6. The van der Waals surface area contributed by atoms with Gasteiger partial charge in [0.25, 0.3) is 0 Å². The smallest absolute Gasteiger partial charge is 0.421 e. The van der Waals surface area contributed by atoms with Crippen LogP contribution in [0.5, 0.6) is 11.6 Å². The second-order valence-electron chi connectivity index (χ2n) is 8.61. The number of fused-ring (bicyclic) bond motifs is 1. The summed E-state index contributed by atoms with van der Waals surface area (Å²) in [6.07, 6.45) is 3.60. The summed E-state index contributed by atoms with van der Waals surface area (Å²) in [5, 5.41) is 4.43. The molecule has 1 unspecified atom stereocenters. The maximum atomic E-state index is 13.6. The van der Waals surface area contributed by atoms with E-state index < -0.39 is 17.6 Å². The fourth-order valence-corrected chi connectivity index (χ4v) is 4.43. The van der Waals surface area contributed by atoms with Gasteiger partial charge in [0.2, 0.25) is 11.8 Å². The van der Waals surface area contributed by atoms with Gasteiger partial charge in [-0.05, 0) is 56.9 Å². The van der Waals surface area contributed by atoms with Gasteiger partial charge in [-0.25, -0.2) is 4.98 Å². The van der Waals surface area contributed by atoms with Crippen molar-refractivity contribution >= 4 is 11.6 Å². The molecule has 1 saturated carbocycles. The third-order valence-corrected chi connectivity index (χ3v) is 6.20. The van der Waals surface area contributed by atoms with Crippen molar-refractivity contribution in [3.8, 4) is 22.8 Å². The minimum Gasteiger partial charge on any atom is -0.437 e. The van der Waals surface area contributed by atoms with E-state index in [1.165, 1.54) is 19.2 Å². The molecule has 0 N–H and O–H groups in total. The second kappa shape index (κ2) is 7.90. The summed E-state index contributed by atoms with van der Waals surface area (Å²) in [6, 6.07) is 6.15. The van der Waals surface area contributed by atoms with Crippen LogP contribution in [0.1, 0.15) is 50.3 Å². The minimum atomic E-state index is -4.62. The molecule has 33 heavy (non-hydrogen) atoms. The highest BCUT2D eigenvalue weighted by atomic mass is 19.4. The van der Waals surface area contributed by atoms with Crippen LogP contribution in [-0.4, -0.2) is 26.7 Å². The van der Waals surface area contributed by atoms with Crippen LogP contribution >= 0.6 is 0 Å². The van der Waals surface area contributed by atoms with Crippen LogP contribution in [0.15, 0.2) is 42.9 Å². The van der Waals surface area contributed by atoms with E-state index in [1.54, 1.807) is 17.2 Å². The van der Waals surface area contributed by atoms with Gasteiger partial charge in [-0.1, -0.05) is 0 Å². The van der Waals surface area contributed by atoms with Crippen molar-refractivity contribution in [3.63, 3.8) is 0 Å². The average Bonchev–Trinajstić information content (AvgIpc) is 3.50. The van der Waals surface area contributed by atoms with Crippen LogP contribution in [0, 0.1) is 0 Å².